The van der Waals surface area contributed by atoms with Gasteiger partial charge in [0.15, 0.2) is 0 Å². The zero-order chi connectivity index (χ0) is 8.67. The quantitative estimate of drug-likeness (QED) is 0.718. The molecule has 0 aromatic carbocycles. The maximum atomic E-state index is 4.35. The van der Waals surface area contributed by atoms with E-state index >= 15 is 0 Å². The van der Waals surface area contributed by atoms with E-state index in [0.717, 1.165) is 18.6 Å². The molecule has 0 atom stereocenters. The van der Waals surface area contributed by atoms with Crippen LogP contribution in [0.1, 0.15) is 30.7 Å². The second-order valence-electron chi connectivity index (χ2n) is 4.06. The zero-order valence-electron chi connectivity index (χ0n) is 7.65. The summed E-state index contributed by atoms with van der Waals surface area (Å²) in [6.07, 6.45) is 7.62. The highest BCUT2D eigenvalue weighted by Gasteiger charge is 2.39. The molecule has 0 aliphatic carbocycles. The Morgan fingerprint density at radius 1 is 1.31 bits per heavy atom. The lowest BCUT2D eigenvalue weighted by molar-refractivity contribution is 0.243. The van der Waals surface area contributed by atoms with Crippen molar-refractivity contribution < 1.29 is 0 Å². The Morgan fingerprint density at radius 2 is 2.00 bits per heavy atom. The molecule has 3 heterocycles. The third kappa shape index (κ3) is 1.30. The topological polar surface area (TPSA) is 16.1 Å². The van der Waals surface area contributed by atoms with Crippen LogP contribution in [-0.2, 0) is 6.54 Å². The molecular formula is C10H14N2S. The average Bonchev–Trinajstić information content (AvgIpc) is 2.85. The van der Waals surface area contributed by atoms with Gasteiger partial charge < -0.3 is 0 Å². The van der Waals surface area contributed by atoms with Crippen molar-refractivity contribution in [2.45, 2.75) is 44.3 Å². The molecule has 13 heavy (non-hydrogen) atoms. The summed E-state index contributed by atoms with van der Waals surface area (Å²) in [7, 11) is 0. The van der Waals surface area contributed by atoms with Gasteiger partial charge in [0.1, 0.15) is 5.01 Å². The van der Waals surface area contributed by atoms with Crippen LogP contribution in [0.2, 0.25) is 0 Å². The summed E-state index contributed by atoms with van der Waals surface area (Å²) in [5, 5.41) is 3.37. The van der Waals surface area contributed by atoms with Gasteiger partial charge in [-0.3, -0.25) is 4.90 Å². The first kappa shape index (κ1) is 7.94. The fourth-order valence-corrected chi connectivity index (χ4v) is 3.39. The molecule has 0 radical (unpaired) electrons. The van der Waals surface area contributed by atoms with E-state index in [9.17, 15) is 0 Å². The summed E-state index contributed by atoms with van der Waals surface area (Å²) in [5.41, 5.74) is 0. The van der Waals surface area contributed by atoms with E-state index < -0.39 is 0 Å². The van der Waals surface area contributed by atoms with Crippen LogP contribution in [0.3, 0.4) is 0 Å². The van der Waals surface area contributed by atoms with Gasteiger partial charge in [-0.25, -0.2) is 4.98 Å². The molecule has 0 saturated carbocycles. The molecule has 3 heteroatoms. The Labute approximate surface area is 82.6 Å². The highest BCUT2D eigenvalue weighted by atomic mass is 32.1. The molecule has 2 fully saturated rings. The lowest BCUT2D eigenvalue weighted by Crippen LogP contribution is -2.27. The zero-order valence-corrected chi connectivity index (χ0v) is 8.46. The molecule has 3 rings (SSSR count). The van der Waals surface area contributed by atoms with Gasteiger partial charge in [-0.15, -0.1) is 11.3 Å². The smallest absolute Gasteiger partial charge is 0.107 e. The summed E-state index contributed by atoms with van der Waals surface area (Å²) in [6, 6.07) is 1.77. The molecule has 2 aliphatic rings. The van der Waals surface area contributed by atoms with E-state index in [0.29, 0.717) is 0 Å². The number of hydrogen-bond donors (Lipinski definition) is 0. The minimum Gasteiger partial charge on any atom is -0.291 e. The van der Waals surface area contributed by atoms with Gasteiger partial charge in [0, 0.05) is 23.7 Å². The maximum Gasteiger partial charge on any atom is 0.107 e. The van der Waals surface area contributed by atoms with E-state index in [1.807, 2.05) is 6.20 Å². The van der Waals surface area contributed by atoms with Crippen molar-refractivity contribution in [3.05, 3.63) is 16.6 Å². The van der Waals surface area contributed by atoms with Gasteiger partial charge in [-0.05, 0) is 25.7 Å². The van der Waals surface area contributed by atoms with Crippen LogP contribution >= 0.6 is 11.3 Å². The number of aromatic nitrogens is 1. The van der Waals surface area contributed by atoms with Crippen LogP contribution < -0.4 is 0 Å². The average molecular weight is 194 g/mol. The lowest BCUT2D eigenvalue weighted by Gasteiger charge is -2.19. The molecule has 1 aromatic heterocycles. The standard InChI is InChI=1S/C10H14N2S/c1-2-9-4-3-8(1)12(9)7-10-11-5-6-13-10/h5-6,8-9H,1-4,7H2. The highest BCUT2D eigenvalue weighted by molar-refractivity contribution is 7.09. The van der Waals surface area contributed by atoms with Crippen LogP contribution in [0, 0.1) is 0 Å². The van der Waals surface area contributed by atoms with Crippen molar-refractivity contribution in [2.75, 3.05) is 0 Å². The number of hydrogen-bond acceptors (Lipinski definition) is 3. The Bertz CT molecular complexity index is 263. The van der Waals surface area contributed by atoms with E-state index in [2.05, 4.69) is 15.3 Å². The lowest BCUT2D eigenvalue weighted by atomic mass is 10.0. The van der Waals surface area contributed by atoms with Crippen molar-refractivity contribution in [2.24, 2.45) is 0 Å². The summed E-state index contributed by atoms with van der Waals surface area (Å²) < 4.78 is 0. The molecule has 2 nitrogen and oxygen atoms in total. The number of rotatable bonds is 2. The molecule has 0 amide bonds. The van der Waals surface area contributed by atoms with Crippen molar-refractivity contribution in [1.29, 1.82) is 0 Å². The third-order valence-corrected chi connectivity index (χ3v) is 4.17. The van der Waals surface area contributed by atoms with E-state index in [4.69, 9.17) is 0 Å². The van der Waals surface area contributed by atoms with Gasteiger partial charge in [0.05, 0.1) is 6.54 Å². The Balaban J connectivity index is 1.73. The Kier molecular flexibility index (Phi) is 1.87. The normalized spacial score (nSPS) is 32.9. The Hall–Kier alpha value is -0.410. The number of thiazole rings is 1. The Morgan fingerprint density at radius 3 is 2.54 bits per heavy atom. The minimum absolute atomic E-state index is 0.883. The van der Waals surface area contributed by atoms with Crippen LogP contribution in [0.5, 0.6) is 0 Å². The molecule has 0 N–H and O–H groups in total. The minimum atomic E-state index is 0.883. The molecule has 0 spiro atoms. The van der Waals surface area contributed by atoms with Crippen molar-refractivity contribution >= 4 is 11.3 Å². The molecular weight excluding hydrogens is 180 g/mol. The molecule has 2 aliphatic heterocycles. The molecule has 2 saturated heterocycles. The summed E-state index contributed by atoms with van der Waals surface area (Å²) >= 11 is 1.79. The second kappa shape index (κ2) is 3.07. The van der Waals surface area contributed by atoms with Crippen LogP contribution in [0.15, 0.2) is 11.6 Å². The van der Waals surface area contributed by atoms with E-state index in [-0.39, 0.29) is 0 Å². The van der Waals surface area contributed by atoms with Crippen molar-refractivity contribution in [3.8, 4) is 0 Å². The van der Waals surface area contributed by atoms with Gasteiger partial charge in [-0.1, -0.05) is 0 Å². The first-order valence-corrected chi connectivity index (χ1v) is 5.95. The predicted molar refractivity (Wildman–Crippen MR) is 53.7 cm³/mol. The van der Waals surface area contributed by atoms with Crippen molar-refractivity contribution in [3.63, 3.8) is 0 Å². The molecule has 0 unspecified atom stereocenters. The molecule has 2 bridgehead atoms. The largest absolute Gasteiger partial charge is 0.291 e. The van der Waals surface area contributed by atoms with Crippen LogP contribution in [0.25, 0.3) is 0 Å². The van der Waals surface area contributed by atoms with E-state index in [1.165, 1.54) is 30.7 Å². The van der Waals surface area contributed by atoms with Gasteiger partial charge in [0.2, 0.25) is 0 Å². The molecule has 1 aromatic rings. The third-order valence-electron chi connectivity index (χ3n) is 3.41. The predicted octanol–water partition coefficient (Wildman–Crippen LogP) is 2.27. The maximum absolute atomic E-state index is 4.35. The van der Waals surface area contributed by atoms with Gasteiger partial charge >= 0.3 is 0 Å². The van der Waals surface area contributed by atoms with Crippen LogP contribution in [-0.4, -0.2) is 22.0 Å². The summed E-state index contributed by atoms with van der Waals surface area (Å²) in [4.78, 5) is 7.02. The van der Waals surface area contributed by atoms with E-state index in [1.54, 1.807) is 11.3 Å². The fourth-order valence-electron chi connectivity index (χ4n) is 2.77. The fraction of sp³-hybridized carbons (Fsp3) is 0.700. The monoisotopic (exact) mass is 194 g/mol. The first-order chi connectivity index (χ1) is 6.43. The van der Waals surface area contributed by atoms with Gasteiger partial charge in [-0.2, -0.15) is 0 Å². The van der Waals surface area contributed by atoms with Crippen LogP contribution in [0.4, 0.5) is 0 Å². The van der Waals surface area contributed by atoms with Gasteiger partial charge in [0.25, 0.3) is 0 Å². The number of nitrogens with zero attached hydrogens (tertiary/aromatic N) is 2. The first-order valence-electron chi connectivity index (χ1n) is 5.07. The second-order valence-corrected chi connectivity index (χ2v) is 5.04. The SMILES string of the molecule is c1csc(CN2C3CCC2CC3)n1. The molecule has 70 valence electrons. The number of fused-ring (bicyclic) bond motifs is 2. The summed E-state index contributed by atoms with van der Waals surface area (Å²) in [6.45, 7) is 1.10. The summed E-state index contributed by atoms with van der Waals surface area (Å²) in [5.74, 6) is 0. The highest BCUT2D eigenvalue weighted by Crippen LogP contribution is 2.38. The van der Waals surface area contributed by atoms with Crippen molar-refractivity contribution in [1.82, 2.24) is 9.88 Å².